The van der Waals surface area contributed by atoms with Crippen molar-refractivity contribution in [2.45, 2.75) is 18.6 Å². The predicted octanol–water partition coefficient (Wildman–Crippen LogP) is 0.861. The van der Waals surface area contributed by atoms with Gasteiger partial charge in [-0.05, 0) is 11.4 Å². The smallest absolute Gasteiger partial charge is 0.305 e. The van der Waals surface area contributed by atoms with Crippen LogP contribution in [0.4, 0.5) is 0 Å². The van der Waals surface area contributed by atoms with Gasteiger partial charge in [-0.25, -0.2) is 0 Å². The number of carbonyl (C=O) groups is 1. The molecule has 0 saturated carbocycles. The molecule has 1 rings (SSSR count). The summed E-state index contributed by atoms with van der Waals surface area (Å²) >= 11 is 1.41. The molecule has 0 saturated heterocycles. The van der Waals surface area contributed by atoms with Crippen molar-refractivity contribution in [3.05, 3.63) is 22.4 Å². The normalized spacial score (nSPS) is 14.5. The molecule has 2 unspecified atom stereocenters. The molecule has 6 heteroatoms. The van der Waals surface area contributed by atoms with Crippen molar-refractivity contribution in [3.8, 4) is 0 Å². The van der Waals surface area contributed by atoms with Crippen LogP contribution >= 0.6 is 11.3 Å². The molecular formula is C11H17NO4S. The summed E-state index contributed by atoms with van der Waals surface area (Å²) in [5.41, 5.74) is 0. The minimum atomic E-state index is -0.935. The molecule has 0 bridgehead atoms. The van der Waals surface area contributed by atoms with E-state index in [9.17, 15) is 9.90 Å². The first-order valence-electron chi connectivity index (χ1n) is 5.30. The molecule has 96 valence electrons. The first-order chi connectivity index (χ1) is 8.15. The van der Waals surface area contributed by atoms with Gasteiger partial charge in [-0.1, -0.05) is 6.07 Å². The summed E-state index contributed by atoms with van der Waals surface area (Å²) in [4.78, 5) is 11.5. The molecule has 17 heavy (non-hydrogen) atoms. The average Bonchev–Trinajstić information content (AvgIpc) is 2.80. The van der Waals surface area contributed by atoms with Crippen LogP contribution in [-0.2, 0) is 9.53 Å². The van der Waals surface area contributed by atoms with E-state index in [1.165, 1.54) is 11.3 Å². The van der Waals surface area contributed by atoms with Crippen molar-refractivity contribution < 1.29 is 19.7 Å². The van der Waals surface area contributed by atoms with Gasteiger partial charge in [0, 0.05) is 24.6 Å². The van der Waals surface area contributed by atoms with Crippen molar-refractivity contribution in [1.82, 2.24) is 5.32 Å². The number of aliphatic hydroxyl groups excluding tert-OH is 1. The number of hydrogen-bond acceptors (Lipinski definition) is 5. The summed E-state index contributed by atoms with van der Waals surface area (Å²) in [5, 5.41) is 23.7. The summed E-state index contributed by atoms with van der Waals surface area (Å²) in [6.45, 7) is 0.990. The highest BCUT2D eigenvalue weighted by Gasteiger charge is 2.23. The van der Waals surface area contributed by atoms with Crippen LogP contribution < -0.4 is 5.32 Å². The summed E-state index contributed by atoms with van der Waals surface area (Å²) in [7, 11) is 1.57. The number of methoxy groups -OCH3 is 1. The number of rotatable bonds is 8. The zero-order valence-electron chi connectivity index (χ0n) is 9.63. The lowest BCUT2D eigenvalue weighted by Gasteiger charge is -2.21. The van der Waals surface area contributed by atoms with Crippen LogP contribution in [-0.4, -0.2) is 42.5 Å². The van der Waals surface area contributed by atoms with Crippen molar-refractivity contribution in [2.75, 3.05) is 20.3 Å². The fraction of sp³-hybridized carbons (Fsp3) is 0.545. The molecule has 0 spiro atoms. The maximum absolute atomic E-state index is 10.7. The molecule has 0 aliphatic carbocycles. The molecule has 3 N–H and O–H groups in total. The maximum Gasteiger partial charge on any atom is 0.305 e. The Kier molecular flexibility index (Phi) is 6.13. The van der Waals surface area contributed by atoms with E-state index in [0.717, 1.165) is 4.88 Å². The van der Waals surface area contributed by atoms with E-state index in [1.807, 2.05) is 11.4 Å². The predicted molar refractivity (Wildman–Crippen MR) is 65.2 cm³/mol. The third-order valence-electron chi connectivity index (χ3n) is 2.32. The Morgan fingerprint density at radius 2 is 2.41 bits per heavy atom. The lowest BCUT2D eigenvalue weighted by molar-refractivity contribution is -0.138. The van der Waals surface area contributed by atoms with E-state index in [2.05, 4.69) is 5.32 Å². The third-order valence-corrected chi connectivity index (χ3v) is 3.27. The number of hydrogen-bond donors (Lipinski definition) is 3. The van der Waals surface area contributed by atoms with Gasteiger partial charge in [0.25, 0.3) is 0 Å². The molecule has 0 aliphatic heterocycles. The van der Waals surface area contributed by atoms with Gasteiger partial charge in [-0.2, -0.15) is 0 Å². The molecule has 0 aromatic carbocycles. The van der Waals surface area contributed by atoms with Gasteiger partial charge in [-0.3, -0.25) is 4.79 Å². The Hall–Kier alpha value is -0.950. The van der Waals surface area contributed by atoms with Crippen LogP contribution in [0.15, 0.2) is 17.5 Å². The summed E-state index contributed by atoms with van der Waals surface area (Å²) in [6, 6.07) is 3.12. The van der Waals surface area contributed by atoms with Crippen LogP contribution in [0.2, 0.25) is 0 Å². The van der Waals surface area contributed by atoms with E-state index in [-0.39, 0.29) is 6.42 Å². The Bertz CT molecular complexity index is 328. The number of ether oxygens (including phenoxy) is 1. The Morgan fingerprint density at radius 3 is 2.94 bits per heavy atom. The second kappa shape index (κ2) is 7.39. The van der Waals surface area contributed by atoms with Crippen LogP contribution in [0, 0.1) is 0 Å². The van der Waals surface area contributed by atoms with Crippen molar-refractivity contribution >= 4 is 17.3 Å². The highest BCUT2D eigenvalue weighted by atomic mass is 32.1. The highest BCUT2D eigenvalue weighted by Crippen LogP contribution is 2.23. The van der Waals surface area contributed by atoms with Gasteiger partial charge in [0.15, 0.2) is 0 Å². The summed E-state index contributed by atoms with van der Waals surface area (Å²) < 4.78 is 4.88. The van der Waals surface area contributed by atoms with Gasteiger partial charge < -0.3 is 20.3 Å². The molecule has 0 fully saturated rings. The van der Waals surface area contributed by atoms with Crippen molar-refractivity contribution in [2.24, 2.45) is 0 Å². The van der Waals surface area contributed by atoms with Crippen LogP contribution in [0.5, 0.6) is 0 Å². The molecule has 1 heterocycles. The molecule has 1 aromatic heterocycles. The molecule has 1 aromatic rings. The zero-order valence-corrected chi connectivity index (χ0v) is 10.4. The summed E-state index contributed by atoms with van der Waals surface area (Å²) in [5.74, 6) is -0.935. The third kappa shape index (κ3) is 4.82. The molecular weight excluding hydrogens is 242 g/mol. The Balaban J connectivity index is 2.58. The number of aliphatic hydroxyl groups is 1. The number of thiophene rings is 1. The number of carboxylic acids is 1. The Morgan fingerprint density at radius 1 is 1.65 bits per heavy atom. The van der Waals surface area contributed by atoms with Crippen molar-refractivity contribution in [3.63, 3.8) is 0 Å². The second-order valence-corrected chi connectivity index (χ2v) is 4.59. The lowest BCUT2D eigenvalue weighted by Crippen LogP contribution is -2.38. The number of nitrogens with one attached hydrogen (secondary N) is 1. The standard InChI is InChI=1S/C11H17NO4S/c1-16-5-4-12-8(7-10(13)14)11(15)9-3-2-6-17-9/h2-3,6,8,11-12,15H,4-5,7H2,1H3,(H,13,14). The monoisotopic (exact) mass is 259 g/mol. The van der Waals surface area contributed by atoms with Crippen LogP contribution in [0.1, 0.15) is 17.4 Å². The minimum Gasteiger partial charge on any atom is -0.481 e. The Labute approximate surface area is 104 Å². The SMILES string of the molecule is COCCNC(CC(=O)O)C(O)c1cccs1. The van der Waals surface area contributed by atoms with E-state index in [4.69, 9.17) is 9.84 Å². The topological polar surface area (TPSA) is 78.8 Å². The van der Waals surface area contributed by atoms with Gasteiger partial charge in [0.1, 0.15) is 6.10 Å². The van der Waals surface area contributed by atoms with E-state index < -0.39 is 18.1 Å². The zero-order chi connectivity index (χ0) is 12.7. The fourth-order valence-electron chi connectivity index (χ4n) is 1.49. The number of carboxylic acid groups (broad SMARTS) is 1. The van der Waals surface area contributed by atoms with E-state index in [1.54, 1.807) is 13.2 Å². The molecule has 5 nitrogen and oxygen atoms in total. The fourth-order valence-corrected chi connectivity index (χ4v) is 2.26. The molecule has 0 amide bonds. The molecule has 0 radical (unpaired) electrons. The molecule has 2 atom stereocenters. The quantitative estimate of drug-likeness (QED) is 0.603. The number of aliphatic carboxylic acids is 1. The van der Waals surface area contributed by atoms with E-state index >= 15 is 0 Å². The van der Waals surface area contributed by atoms with Crippen LogP contribution in [0.25, 0.3) is 0 Å². The first-order valence-corrected chi connectivity index (χ1v) is 6.18. The van der Waals surface area contributed by atoms with Crippen LogP contribution in [0.3, 0.4) is 0 Å². The first kappa shape index (κ1) is 14.1. The average molecular weight is 259 g/mol. The largest absolute Gasteiger partial charge is 0.481 e. The lowest BCUT2D eigenvalue weighted by atomic mass is 10.1. The summed E-state index contributed by atoms with van der Waals surface area (Å²) in [6.07, 6.45) is -0.925. The van der Waals surface area contributed by atoms with Gasteiger partial charge >= 0.3 is 5.97 Å². The van der Waals surface area contributed by atoms with Crippen molar-refractivity contribution in [1.29, 1.82) is 0 Å². The van der Waals surface area contributed by atoms with Gasteiger partial charge in [0.2, 0.25) is 0 Å². The highest BCUT2D eigenvalue weighted by molar-refractivity contribution is 7.10. The minimum absolute atomic E-state index is 0.122. The van der Waals surface area contributed by atoms with E-state index in [0.29, 0.717) is 13.2 Å². The second-order valence-electron chi connectivity index (χ2n) is 3.61. The maximum atomic E-state index is 10.7. The van der Waals surface area contributed by atoms with Gasteiger partial charge in [-0.15, -0.1) is 11.3 Å². The van der Waals surface area contributed by atoms with Gasteiger partial charge in [0.05, 0.1) is 13.0 Å². The molecule has 0 aliphatic rings.